The average Bonchev–Trinajstić information content (AvgIpc) is 3.65. The lowest BCUT2D eigenvalue weighted by molar-refractivity contribution is -0.134. The van der Waals surface area contributed by atoms with Gasteiger partial charge in [-0.15, -0.1) is 0 Å². The van der Waals surface area contributed by atoms with Crippen molar-refractivity contribution in [3.8, 4) is 0 Å². The minimum absolute atomic E-state index is 0.0640. The molecule has 1 unspecified atom stereocenters. The summed E-state index contributed by atoms with van der Waals surface area (Å²) in [5.74, 6) is -0.652. The summed E-state index contributed by atoms with van der Waals surface area (Å²) < 4.78 is 28.9. The second kappa shape index (κ2) is 9.90. The molecule has 8 nitrogen and oxygen atoms in total. The van der Waals surface area contributed by atoms with Gasteiger partial charge in [-0.1, -0.05) is 37.3 Å². The van der Waals surface area contributed by atoms with Gasteiger partial charge in [0.05, 0.1) is 11.7 Å². The molecule has 178 valence electrons. The van der Waals surface area contributed by atoms with Crippen LogP contribution in [0.5, 0.6) is 0 Å². The van der Waals surface area contributed by atoms with Gasteiger partial charge in [-0.3, -0.25) is 9.78 Å². The molecule has 0 saturated heterocycles. The minimum atomic E-state index is -3.86. The molecule has 0 spiro atoms. The fraction of sp³-hybridized carbons (Fsp3) is 0.320. The monoisotopic (exact) mass is 480 g/mol. The number of anilines is 1. The van der Waals surface area contributed by atoms with E-state index in [4.69, 9.17) is 5.11 Å². The smallest absolute Gasteiger partial charge is 0.322 e. The molecule has 3 N–H and O–H groups in total. The minimum Gasteiger partial charge on any atom is -0.480 e. The lowest BCUT2D eigenvalue weighted by Gasteiger charge is -2.20. The van der Waals surface area contributed by atoms with Crippen LogP contribution in [0.1, 0.15) is 49.0 Å². The van der Waals surface area contributed by atoms with Gasteiger partial charge < -0.3 is 10.4 Å². The first-order valence-corrected chi connectivity index (χ1v) is 12.7. The fourth-order valence-corrected chi connectivity index (χ4v) is 5.28. The Bertz CT molecular complexity index is 1240. The third-order valence-electron chi connectivity index (χ3n) is 6.33. The number of benzene rings is 1. The van der Waals surface area contributed by atoms with E-state index in [1.165, 1.54) is 36.9 Å². The van der Waals surface area contributed by atoms with Crippen molar-refractivity contribution in [3.05, 3.63) is 83.8 Å². The summed E-state index contributed by atoms with van der Waals surface area (Å²) in [5.41, 5.74) is 3.08. The van der Waals surface area contributed by atoms with E-state index in [-0.39, 0.29) is 11.4 Å². The predicted octanol–water partition coefficient (Wildman–Crippen LogP) is 3.68. The number of carboxylic acids is 1. The van der Waals surface area contributed by atoms with Crippen molar-refractivity contribution < 1.29 is 18.3 Å². The highest BCUT2D eigenvalue weighted by molar-refractivity contribution is 7.89. The number of rotatable bonds is 11. The Labute approximate surface area is 199 Å². The largest absolute Gasteiger partial charge is 0.480 e. The molecule has 9 heteroatoms. The van der Waals surface area contributed by atoms with Crippen molar-refractivity contribution in [1.82, 2.24) is 14.7 Å². The molecular formula is C25H28N4O4S. The Hall–Kier alpha value is -3.30. The molecule has 1 atom stereocenters. The van der Waals surface area contributed by atoms with Gasteiger partial charge in [-0.2, -0.15) is 0 Å². The molecule has 4 rings (SSSR count). The summed E-state index contributed by atoms with van der Waals surface area (Å²) in [5, 5.41) is 11.7. The van der Waals surface area contributed by atoms with Crippen LogP contribution in [0.15, 0.2) is 71.9 Å². The Morgan fingerprint density at radius 2 is 1.88 bits per heavy atom. The van der Waals surface area contributed by atoms with Crippen LogP contribution in [0.25, 0.3) is 0 Å². The van der Waals surface area contributed by atoms with Crippen molar-refractivity contribution >= 4 is 21.8 Å². The molecule has 0 aliphatic heterocycles. The standard InChI is InChI=1S/C25H28N4O4S/c1-2-25(12-13-25)19-10-8-18(9-11-19)15-22(29-34(32,33)20-5-4-14-26-16-20)21-6-3-7-23(28-21)27-17-24(30)31/h3-11,14,16,22,29H,2,12-13,15,17H2,1H3,(H,27,28)(H,30,31). The molecule has 1 saturated carbocycles. The van der Waals surface area contributed by atoms with Crippen molar-refractivity contribution in [2.75, 3.05) is 11.9 Å². The van der Waals surface area contributed by atoms with Crippen LogP contribution in [0.2, 0.25) is 0 Å². The molecule has 0 bridgehead atoms. The zero-order valence-electron chi connectivity index (χ0n) is 18.9. The molecule has 1 fully saturated rings. The number of aliphatic carboxylic acids is 1. The summed E-state index contributed by atoms with van der Waals surface area (Å²) in [7, 11) is -3.86. The van der Waals surface area contributed by atoms with Crippen molar-refractivity contribution in [2.24, 2.45) is 0 Å². The first kappa shape index (κ1) is 23.8. The zero-order chi connectivity index (χ0) is 24.2. The number of hydrogen-bond donors (Lipinski definition) is 3. The highest BCUT2D eigenvalue weighted by atomic mass is 32.2. The molecule has 1 aliphatic carbocycles. The van der Waals surface area contributed by atoms with Crippen LogP contribution in [0.4, 0.5) is 5.82 Å². The number of nitrogens with one attached hydrogen (secondary N) is 2. The summed E-state index contributed by atoms with van der Waals surface area (Å²) in [6, 6.07) is 15.8. The predicted molar refractivity (Wildman–Crippen MR) is 129 cm³/mol. The summed E-state index contributed by atoms with van der Waals surface area (Å²) in [6.45, 7) is 1.92. The van der Waals surface area contributed by atoms with E-state index in [2.05, 4.69) is 39.1 Å². The maximum Gasteiger partial charge on any atom is 0.322 e. The molecule has 2 heterocycles. The number of nitrogens with zero attached hydrogens (tertiary/aromatic N) is 2. The van der Waals surface area contributed by atoms with Gasteiger partial charge in [0.1, 0.15) is 17.3 Å². The molecule has 2 aromatic heterocycles. The molecule has 34 heavy (non-hydrogen) atoms. The van der Waals surface area contributed by atoms with Crippen LogP contribution in [0.3, 0.4) is 0 Å². The summed E-state index contributed by atoms with van der Waals surface area (Å²) >= 11 is 0. The molecule has 3 aromatic rings. The third-order valence-corrected chi connectivity index (χ3v) is 7.78. The third kappa shape index (κ3) is 5.60. The van der Waals surface area contributed by atoms with E-state index >= 15 is 0 Å². The molecule has 0 amide bonds. The number of carbonyl (C=O) groups is 1. The normalized spacial score (nSPS) is 15.4. The Morgan fingerprint density at radius 1 is 1.12 bits per heavy atom. The maximum absolute atomic E-state index is 13.1. The SMILES string of the molecule is CCC1(c2ccc(CC(NS(=O)(=O)c3cccnc3)c3cccc(NCC(=O)O)n3)cc2)CC1. The quantitative estimate of drug-likeness (QED) is 0.383. The van der Waals surface area contributed by atoms with Gasteiger partial charge in [-0.05, 0) is 66.5 Å². The number of carboxylic acid groups (broad SMARTS) is 1. The summed E-state index contributed by atoms with van der Waals surface area (Å²) in [6.07, 6.45) is 6.72. The van der Waals surface area contributed by atoms with E-state index in [0.717, 1.165) is 12.0 Å². The Balaban J connectivity index is 1.61. The lowest BCUT2D eigenvalue weighted by Crippen LogP contribution is -2.31. The second-order valence-electron chi connectivity index (χ2n) is 8.59. The van der Waals surface area contributed by atoms with Crippen LogP contribution < -0.4 is 10.0 Å². The summed E-state index contributed by atoms with van der Waals surface area (Å²) in [4.78, 5) is 19.4. The highest BCUT2D eigenvalue weighted by Gasteiger charge is 2.42. The number of hydrogen-bond acceptors (Lipinski definition) is 6. The first-order chi connectivity index (χ1) is 16.3. The van der Waals surface area contributed by atoms with Crippen LogP contribution in [-0.4, -0.2) is 36.0 Å². The van der Waals surface area contributed by atoms with E-state index in [1.807, 2.05) is 12.1 Å². The van der Waals surface area contributed by atoms with Gasteiger partial charge >= 0.3 is 5.97 Å². The lowest BCUT2D eigenvalue weighted by atomic mass is 9.91. The van der Waals surface area contributed by atoms with Gasteiger partial charge in [-0.25, -0.2) is 18.1 Å². The van der Waals surface area contributed by atoms with E-state index in [1.54, 1.807) is 24.3 Å². The zero-order valence-corrected chi connectivity index (χ0v) is 19.8. The number of sulfonamides is 1. The molecular weight excluding hydrogens is 452 g/mol. The van der Waals surface area contributed by atoms with Crippen molar-refractivity contribution in [3.63, 3.8) is 0 Å². The molecule has 1 aliphatic rings. The highest BCUT2D eigenvalue weighted by Crippen LogP contribution is 2.50. The Kier molecular flexibility index (Phi) is 6.95. The number of pyridine rings is 2. The van der Waals surface area contributed by atoms with Gasteiger partial charge in [0.2, 0.25) is 10.0 Å². The first-order valence-electron chi connectivity index (χ1n) is 11.3. The maximum atomic E-state index is 13.1. The van der Waals surface area contributed by atoms with E-state index < -0.39 is 22.0 Å². The Morgan fingerprint density at radius 3 is 2.50 bits per heavy atom. The number of aromatic nitrogens is 2. The van der Waals surface area contributed by atoms with Gasteiger partial charge in [0, 0.05) is 12.4 Å². The van der Waals surface area contributed by atoms with Gasteiger partial charge in [0.25, 0.3) is 0 Å². The van der Waals surface area contributed by atoms with Crippen molar-refractivity contribution in [2.45, 2.75) is 49.0 Å². The fourth-order valence-electron chi connectivity index (χ4n) is 4.11. The molecule has 0 radical (unpaired) electrons. The van der Waals surface area contributed by atoms with Crippen LogP contribution in [0, 0.1) is 0 Å². The topological polar surface area (TPSA) is 121 Å². The van der Waals surface area contributed by atoms with E-state index in [0.29, 0.717) is 23.3 Å². The van der Waals surface area contributed by atoms with Crippen molar-refractivity contribution in [1.29, 1.82) is 0 Å². The van der Waals surface area contributed by atoms with Crippen LogP contribution >= 0.6 is 0 Å². The van der Waals surface area contributed by atoms with Gasteiger partial charge in [0.15, 0.2) is 0 Å². The molecule has 1 aromatic carbocycles. The average molecular weight is 481 g/mol. The van der Waals surface area contributed by atoms with Crippen LogP contribution in [-0.2, 0) is 26.7 Å². The van der Waals surface area contributed by atoms with E-state index in [9.17, 15) is 13.2 Å². The second-order valence-corrected chi connectivity index (χ2v) is 10.3.